The number of benzene rings is 2. The molecule has 10 heteroatoms. The minimum Gasteiger partial charge on any atom is -1.00 e. The zero-order valence-corrected chi connectivity index (χ0v) is 12.7. The fourth-order valence-electron chi connectivity index (χ4n) is 1.51. The maximum absolute atomic E-state index is 10.6. The topological polar surface area (TPSA) is 145 Å². The van der Waals surface area contributed by atoms with Gasteiger partial charge < -0.3 is 31.4 Å². The third kappa shape index (κ3) is 6.77. The molecule has 8 nitrogen and oxygen atoms in total. The summed E-state index contributed by atoms with van der Waals surface area (Å²) in [6.07, 6.45) is 0. The second-order valence-corrected chi connectivity index (χ2v) is 4.07. The summed E-state index contributed by atoms with van der Waals surface area (Å²) in [7, 11) is -2.01. The van der Waals surface area contributed by atoms with Gasteiger partial charge in [-0.3, -0.25) is 0 Å². The summed E-state index contributed by atoms with van der Waals surface area (Å²) in [5, 5.41) is 42.8. The van der Waals surface area contributed by atoms with Crippen LogP contribution < -0.4 is 23.5 Å². The maximum Gasteiger partial charge on any atom is 1.00 e. The van der Waals surface area contributed by atoms with Gasteiger partial charge in [-0.2, -0.15) is 0 Å². The van der Waals surface area contributed by atoms with Crippen LogP contribution in [0.3, 0.4) is 0 Å². The zero-order chi connectivity index (χ0) is 17.4. The maximum atomic E-state index is 10.6. The molecule has 0 atom stereocenters. The predicted molar refractivity (Wildman–Crippen MR) is 80.4 cm³/mol. The van der Waals surface area contributed by atoms with Crippen molar-refractivity contribution in [3.8, 4) is 11.5 Å². The smallest absolute Gasteiger partial charge is 1.00 e. The first kappa shape index (κ1) is 21.6. The van der Waals surface area contributed by atoms with E-state index in [1.54, 1.807) is 12.1 Å². The van der Waals surface area contributed by atoms with Crippen molar-refractivity contribution in [2.24, 2.45) is 0 Å². The SMILES string of the molecule is O=C(O)c1ccccc1O.O=C(O)c1ccccc1OB(O)O.[H-].[Li+]. The average Bonchev–Trinajstić information content (AvgIpc) is 2.47. The number of hydrogen-bond donors (Lipinski definition) is 5. The van der Waals surface area contributed by atoms with Crippen LogP contribution in [0, 0.1) is 0 Å². The molecule has 0 unspecified atom stereocenters. The number of aromatic hydroxyl groups is 1. The van der Waals surface area contributed by atoms with Gasteiger partial charge in [-0.1, -0.05) is 24.3 Å². The van der Waals surface area contributed by atoms with Gasteiger partial charge in [0.25, 0.3) is 0 Å². The van der Waals surface area contributed by atoms with Crippen LogP contribution >= 0.6 is 0 Å². The van der Waals surface area contributed by atoms with Crippen LogP contribution in [0.2, 0.25) is 0 Å². The number of para-hydroxylation sites is 2. The number of aromatic carboxylic acids is 2. The van der Waals surface area contributed by atoms with E-state index in [4.69, 9.17) is 25.4 Å². The van der Waals surface area contributed by atoms with E-state index in [1.807, 2.05) is 0 Å². The molecule has 2 aromatic rings. The van der Waals surface area contributed by atoms with E-state index in [1.165, 1.54) is 36.4 Å². The Kier molecular flexibility index (Phi) is 9.31. The number of rotatable bonds is 4. The molecule has 24 heavy (non-hydrogen) atoms. The summed E-state index contributed by atoms with van der Waals surface area (Å²) in [5.74, 6) is -2.57. The standard InChI is InChI=1S/C7H7BO5.C7H6O3.Li.H/c9-7(10)5-3-1-2-4-6(5)13-8(11)12;8-6-4-2-1-3-5(6)7(9)10;;/h1-4,11-12H,(H,9,10);1-4,8H,(H,9,10);;/q;;+1;-1. The van der Waals surface area contributed by atoms with E-state index in [0.717, 1.165) is 0 Å². The third-order valence-electron chi connectivity index (χ3n) is 2.48. The minimum atomic E-state index is -2.01. The molecule has 5 N–H and O–H groups in total. The van der Waals surface area contributed by atoms with Crippen molar-refractivity contribution in [2.45, 2.75) is 0 Å². The molecular formula is C14H14BLiO8. The third-order valence-corrected chi connectivity index (χ3v) is 2.48. The number of carbonyl (C=O) groups is 2. The van der Waals surface area contributed by atoms with Crippen LogP contribution in [0.15, 0.2) is 48.5 Å². The molecular weight excluding hydrogens is 314 g/mol. The Labute approximate surface area is 150 Å². The predicted octanol–water partition coefficient (Wildman–Crippen LogP) is -2.06. The molecule has 0 aliphatic heterocycles. The second-order valence-electron chi connectivity index (χ2n) is 4.07. The number of phenols is 1. The fourth-order valence-corrected chi connectivity index (χ4v) is 1.51. The number of carboxylic acid groups (broad SMARTS) is 2. The Morgan fingerprint density at radius 1 is 0.875 bits per heavy atom. The van der Waals surface area contributed by atoms with Crippen molar-refractivity contribution in [1.82, 2.24) is 0 Å². The van der Waals surface area contributed by atoms with Crippen LogP contribution in [0.5, 0.6) is 11.5 Å². The fraction of sp³-hybridized carbons (Fsp3) is 0. The number of carboxylic acids is 2. The van der Waals surface area contributed by atoms with Crippen LogP contribution in [-0.2, 0) is 0 Å². The van der Waals surface area contributed by atoms with Gasteiger partial charge in [0.05, 0.1) is 5.56 Å². The van der Waals surface area contributed by atoms with Crippen molar-refractivity contribution in [3.05, 3.63) is 59.7 Å². The Bertz CT molecular complexity index is 698. The normalized spacial score (nSPS) is 8.92. The van der Waals surface area contributed by atoms with Gasteiger partial charge in [0.15, 0.2) is 0 Å². The van der Waals surface area contributed by atoms with Crippen LogP contribution in [0.4, 0.5) is 0 Å². The quantitative estimate of drug-likeness (QED) is 0.403. The first-order valence-corrected chi connectivity index (χ1v) is 6.19. The monoisotopic (exact) mass is 328 g/mol. The molecule has 0 saturated carbocycles. The summed E-state index contributed by atoms with van der Waals surface area (Å²) in [4.78, 5) is 20.8. The van der Waals surface area contributed by atoms with E-state index in [0.29, 0.717) is 0 Å². The van der Waals surface area contributed by atoms with E-state index >= 15 is 0 Å². The van der Waals surface area contributed by atoms with Crippen LogP contribution in [0.1, 0.15) is 22.1 Å². The van der Waals surface area contributed by atoms with Crippen molar-refractivity contribution in [3.63, 3.8) is 0 Å². The van der Waals surface area contributed by atoms with Gasteiger partial charge in [-0.25, -0.2) is 9.59 Å². The molecule has 0 aliphatic rings. The van der Waals surface area contributed by atoms with Crippen molar-refractivity contribution in [2.75, 3.05) is 0 Å². The van der Waals surface area contributed by atoms with E-state index in [2.05, 4.69) is 4.65 Å². The summed E-state index contributed by atoms with van der Waals surface area (Å²) in [6, 6.07) is 11.5. The zero-order valence-electron chi connectivity index (χ0n) is 13.7. The molecule has 2 aromatic carbocycles. The van der Waals surface area contributed by atoms with Gasteiger partial charge in [0.2, 0.25) is 0 Å². The molecule has 0 radical (unpaired) electrons. The van der Waals surface area contributed by atoms with Crippen molar-refractivity contribution in [1.29, 1.82) is 0 Å². The Hall–Kier alpha value is -2.44. The molecule has 0 aliphatic carbocycles. The molecule has 0 bridgehead atoms. The Morgan fingerprint density at radius 2 is 1.33 bits per heavy atom. The van der Waals surface area contributed by atoms with Gasteiger partial charge in [-0.15, -0.1) is 0 Å². The summed E-state index contributed by atoms with van der Waals surface area (Å²) >= 11 is 0. The first-order chi connectivity index (χ1) is 10.8. The summed E-state index contributed by atoms with van der Waals surface area (Å²) in [5.41, 5.74) is -0.182. The molecule has 0 fully saturated rings. The molecule has 0 amide bonds. The van der Waals surface area contributed by atoms with Crippen molar-refractivity contribution < 1.29 is 59.9 Å². The van der Waals surface area contributed by atoms with Gasteiger partial charge in [-0.05, 0) is 24.3 Å². The van der Waals surface area contributed by atoms with E-state index in [-0.39, 0.29) is 42.9 Å². The molecule has 0 heterocycles. The largest absolute Gasteiger partial charge is 1.00 e. The van der Waals surface area contributed by atoms with Gasteiger partial charge >= 0.3 is 38.1 Å². The average molecular weight is 328 g/mol. The molecule has 0 spiro atoms. The van der Waals surface area contributed by atoms with Gasteiger partial charge in [0.1, 0.15) is 17.1 Å². The second kappa shape index (κ2) is 10.4. The van der Waals surface area contributed by atoms with Crippen LogP contribution in [0.25, 0.3) is 0 Å². The van der Waals surface area contributed by atoms with E-state index in [9.17, 15) is 9.59 Å². The molecule has 0 saturated heterocycles. The van der Waals surface area contributed by atoms with Crippen LogP contribution in [-0.4, -0.2) is 44.6 Å². The summed E-state index contributed by atoms with van der Waals surface area (Å²) in [6.45, 7) is 0. The number of hydrogen-bond acceptors (Lipinski definition) is 6. The minimum absolute atomic E-state index is 0. The van der Waals surface area contributed by atoms with E-state index < -0.39 is 19.3 Å². The molecule has 122 valence electrons. The Balaban J connectivity index is 0. The summed E-state index contributed by atoms with van der Waals surface area (Å²) < 4.78 is 4.44. The molecule has 2 rings (SSSR count). The first-order valence-electron chi connectivity index (χ1n) is 6.19. The Morgan fingerprint density at radius 3 is 1.75 bits per heavy atom. The van der Waals surface area contributed by atoms with Crippen molar-refractivity contribution >= 4 is 19.3 Å². The van der Waals surface area contributed by atoms with Gasteiger partial charge in [0, 0.05) is 0 Å². The molecule has 0 aromatic heterocycles.